The maximum Gasteiger partial charge on any atom is 0.187 e. The van der Waals surface area contributed by atoms with Crippen LogP contribution in [0.25, 0.3) is 10.6 Å². The Kier molecular flexibility index (Phi) is 5.43. The summed E-state index contributed by atoms with van der Waals surface area (Å²) in [6.45, 7) is 6.20. The summed E-state index contributed by atoms with van der Waals surface area (Å²) in [7, 11) is 1.68. The van der Waals surface area contributed by atoms with Crippen molar-refractivity contribution in [3.8, 4) is 16.3 Å². The molecule has 1 aromatic carbocycles. The number of aryl methyl sites for hydroxylation is 2. The van der Waals surface area contributed by atoms with Gasteiger partial charge in [0.2, 0.25) is 0 Å². The van der Waals surface area contributed by atoms with Gasteiger partial charge in [0.25, 0.3) is 0 Å². The summed E-state index contributed by atoms with van der Waals surface area (Å²) in [5.74, 6) is 1.86. The van der Waals surface area contributed by atoms with Gasteiger partial charge >= 0.3 is 0 Å². The van der Waals surface area contributed by atoms with E-state index in [1.54, 1.807) is 41.5 Å². The zero-order valence-corrected chi connectivity index (χ0v) is 16.5. The minimum Gasteiger partial charge on any atom is -0.495 e. The van der Waals surface area contributed by atoms with E-state index in [1.165, 1.54) is 4.90 Å². The van der Waals surface area contributed by atoms with Crippen LogP contribution in [0.5, 0.6) is 5.75 Å². The molecule has 2 heterocycles. The Morgan fingerprint density at radius 1 is 1.25 bits per heavy atom. The van der Waals surface area contributed by atoms with Crippen molar-refractivity contribution in [1.82, 2.24) is 9.97 Å². The first-order valence-corrected chi connectivity index (χ1v) is 10.3. The van der Waals surface area contributed by atoms with Gasteiger partial charge in [-0.05, 0) is 37.8 Å². The lowest BCUT2D eigenvalue weighted by molar-refractivity contribution is 0.416. The molecule has 0 saturated carbocycles. The van der Waals surface area contributed by atoms with Crippen LogP contribution >= 0.6 is 34.4 Å². The van der Waals surface area contributed by atoms with Crippen molar-refractivity contribution in [1.29, 1.82) is 0 Å². The van der Waals surface area contributed by atoms with Crippen LogP contribution in [0.1, 0.15) is 17.6 Å². The molecule has 126 valence electrons. The van der Waals surface area contributed by atoms with Gasteiger partial charge in [-0.3, -0.25) is 0 Å². The van der Waals surface area contributed by atoms with E-state index in [0.29, 0.717) is 0 Å². The molecule has 0 amide bonds. The maximum atomic E-state index is 5.46. The standard InChI is InChI=1S/C17H19N3OS3/c1-5-22-12-6-7-15(21-4)13(8-12)19-17-20-14(9-23-17)16-10(2)18-11(3)24-16/h6-9H,5H2,1-4H3,(H,19,20). The third kappa shape index (κ3) is 3.74. The lowest BCUT2D eigenvalue weighted by Gasteiger charge is -2.10. The summed E-state index contributed by atoms with van der Waals surface area (Å²) in [4.78, 5) is 11.5. The molecule has 0 aliphatic carbocycles. The van der Waals surface area contributed by atoms with Crippen LogP contribution in [0.2, 0.25) is 0 Å². The number of benzene rings is 1. The predicted molar refractivity (Wildman–Crippen MR) is 105 cm³/mol. The highest BCUT2D eigenvalue weighted by molar-refractivity contribution is 7.99. The largest absolute Gasteiger partial charge is 0.495 e. The van der Waals surface area contributed by atoms with Crippen molar-refractivity contribution in [2.75, 3.05) is 18.2 Å². The van der Waals surface area contributed by atoms with Gasteiger partial charge in [-0.15, -0.1) is 34.4 Å². The van der Waals surface area contributed by atoms with E-state index in [9.17, 15) is 0 Å². The highest BCUT2D eigenvalue weighted by Gasteiger charge is 2.13. The highest BCUT2D eigenvalue weighted by Crippen LogP contribution is 2.36. The van der Waals surface area contributed by atoms with Crippen molar-refractivity contribution in [3.05, 3.63) is 34.3 Å². The third-order valence-electron chi connectivity index (χ3n) is 3.36. The molecule has 0 bridgehead atoms. The number of nitrogens with zero attached hydrogens (tertiary/aromatic N) is 2. The number of anilines is 2. The zero-order chi connectivity index (χ0) is 17.1. The molecule has 0 aliphatic heterocycles. The summed E-state index contributed by atoms with van der Waals surface area (Å²) in [6.07, 6.45) is 0. The molecule has 24 heavy (non-hydrogen) atoms. The molecule has 0 atom stereocenters. The first-order chi connectivity index (χ1) is 11.6. The van der Waals surface area contributed by atoms with Gasteiger partial charge < -0.3 is 10.1 Å². The normalized spacial score (nSPS) is 10.8. The van der Waals surface area contributed by atoms with Gasteiger partial charge in [-0.25, -0.2) is 9.97 Å². The number of thioether (sulfide) groups is 1. The fourth-order valence-corrected chi connectivity index (χ4v) is 4.73. The van der Waals surface area contributed by atoms with Crippen molar-refractivity contribution >= 4 is 45.3 Å². The number of rotatable bonds is 6. The van der Waals surface area contributed by atoms with Gasteiger partial charge in [0.1, 0.15) is 5.75 Å². The lowest BCUT2D eigenvalue weighted by atomic mass is 10.3. The van der Waals surface area contributed by atoms with E-state index >= 15 is 0 Å². The molecule has 0 unspecified atom stereocenters. The molecule has 0 saturated heterocycles. The smallest absolute Gasteiger partial charge is 0.187 e. The average Bonchev–Trinajstić information content (AvgIpc) is 3.14. The van der Waals surface area contributed by atoms with E-state index in [-0.39, 0.29) is 0 Å². The molecule has 0 fully saturated rings. The number of hydrogen-bond donors (Lipinski definition) is 1. The van der Waals surface area contributed by atoms with E-state index in [0.717, 1.165) is 43.6 Å². The quantitative estimate of drug-likeness (QED) is 0.554. The van der Waals surface area contributed by atoms with Crippen LogP contribution in [0.4, 0.5) is 10.8 Å². The summed E-state index contributed by atoms with van der Waals surface area (Å²) < 4.78 is 5.46. The van der Waals surface area contributed by atoms with Crippen molar-refractivity contribution in [2.45, 2.75) is 25.7 Å². The molecule has 0 radical (unpaired) electrons. The Morgan fingerprint density at radius 2 is 2.08 bits per heavy atom. The number of thiazole rings is 2. The molecule has 1 N–H and O–H groups in total. The molecule has 3 aromatic rings. The zero-order valence-electron chi connectivity index (χ0n) is 14.0. The van der Waals surface area contributed by atoms with Crippen LogP contribution in [-0.2, 0) is 0 Å². The molecule has 7 heteroatoms. The van der Waals surface area contributed by atoms with E-state index in [2.05, 4.69) is 34.7 Å². The second-order valence-electron chi connectivity index (χ2n) is 5.11. The monoisotopic (exact) mass is 377 g/mol. The molecular weight excluding hydrogens is 358 g/mol. The number of methoxy groups -OCH3 is 1. The SMILES string of the molecule is CCSc1ccc(OC)c(Nc2nc(-c3sc(C)nc3C)cs2)c1. The van der Waals surface area contributed by atoms with Crippen LogP contribution in [0.3, 0.4) is 0 Å². The third-order valence-corrected chi connectivity index (χ3v) is 6.09. The van der Waals surface area contributed by atoms with E-state index < -0.39 is 0 Å². The minimum absolute atomic E-state index is 0.817. The number of ether oxygens (including phenoxy) is 1. The Bertz CT molecular complexity index is 841. The van der Waals surface area contributed by atoms with Crippen molar-refractivity contribution < 1.29 is 4.74 Å². The fraction of sp³-hybridized carbons (Fsp3) is 0.294. The topological polar surface area (TPSA) is 47.0 Å². The van der Waals surface area contributed by atoms with Gasteiger partial charge in [0.05, 0.1) is 34.1 Å². The predicted octanol–water partition coefficient (Wildman–Crippen LogP) is 5.75. The van der Waals surface area contributed by atoms with E-state index in [4.69, 9.17) is 9.72 Å². The molecule has 3 rings (SSSR count). The summed E-state index contributed by atoms with van der Waals surface area (Å²) in [5.41, 5.74) is 2.95. The molecule has 0 aliphatic rings. The average molecular weight is 378 g/mol. The number of aromatic nitrogens is 2. The highest BCUT2D eigenvalue weighted by atomic mass is 32.2. The Labute approximate surface area is 154 Å². The summed E-state index contributed by atoms with van der Waals surface area (Å²) in [6, 6.07) is 6.18. The van der Waals surface area contributed by atoms with Gasteiger partial charge in [-0.1, -0.05) is 6.92 Å². The molecule has 0 spiro atoms. The van der Waals surface area contributed by atoms with Crippen LogP contribution in [0.15, 0.2) is 28.5 Å². The minimum atomic E-state index is 0.817. The van der Waals surface area contributed by atoms with Crippen LogP contribution in [-0.4, -0.2) is 22.8 Å². The van der Waals surface area contributed by atoms with Gasteiger partial charge in [-0.2, -0.15) is 0 Å². The van der Waals surface area contributed by atoms with Crippen molar-refractivity contribution in [3.63, 3.8) is 0 Å². The lowest BCUT2D eigenvalue weighted by Crippen LogP contribution is -1.95. The van der Waals surface area contributed by atoms with Crippen LogP contribution in [0, 0.1) is 13.8 Å². The fourth-order valence-electron chi connectivity index (χ4n) is 2.36. The molecule has 4 nitrogen and oxygen atoms in total. The van der Waals surface area contributed by atoms with Gasteiger partial charge in [0.15, 0.2) is 5.13 Å². The Balaban J connectivity index is 1.86. The molecule has 2 aromatic heterocycles. The second-order valence-corrected chi connectivity index (χ2v) is 8.50. The van der Waals surface area contributed by atoms with Gasteiger partial charge in [0, 0.05) is 10.3 Å². The second kappa shape index (κ2) is 7.55. The van der Waals surface area contributed by atoms with Crippen LogP contribution < -0.4 is 10.1 Å². The summed E-state index contributed by atoms with van der Waals surface area (Å²) >= 11 is 5.08. The van der Waals surface area contributed by atoms with E-state index in [1.807, 2.05) is 19.9 Å². The Hall–Kier alpha value is -1.57. The molecular formula is C17H19N3OS3. The van der Waals surface area contributed by atoms with Crippen molar-refractivity contribution in [2.24, 2.45) is 0 Å². The first kappa shape index (κ1) is 17.3. The maximum absolute atomic E-state index is 5.46. The summed E-state index contributed by atoms with van der Waals surface area (Å²) in [5, 5.41) is 7.38. The number of nitrogens with one attached hydrogen (secondary N) is 1. The first-order valence-electron chi connectivity index (χ1n) is 7.58. The Morgan fingerprint density at radius 3 is 2.75 bits per heavy atom. The number of hydrogen-bond acceptors (Lipinski definition) is 7.